The zero-order valence-electron chi connectivity index (χ0n) is 15.9. The quantitative estimate of drug-likeness (QED) is 0.444. The number of ether oxygens (including phenoxy) is 1. The molecule has 6 nitrogen and oxygen atoms in total. The number of amides is 2. The van der Waals surface area contributed by atoms with Crippen LogP contribution in [0.2, 0.25) is 0 Å². The fourth-order valence-corrected chi connectivity index (χ4v) is 2.77. The van der Waals surface area contributed by atoms with Crippen LogP contribution in [-0.4, -0.2) is 11.8 Å². The van der Waals surface area contributed by atoms with Gasteiger partial charge in [0.05, 0.1) is 6.26 Å². The minimum Gasteiger partial charge on any atom is -0.459 e. The Morgan fingerprint density at radius 1 is 0.667 bits per heavy atom. The van der Waals surface area contributed by atoms with Gasteiger partial charge in [-0.2, -0.15) is 0 Å². The molecule has 4 rings (SSSR count). The van der Waals surface area contributed by atoms with E-state index in [-0.39, 0.29) is 17.6 Å². The van der Waals surface area contributed by atoms with Crippen LogP contribution in [0, 0.1) is 0 Å². The number of carbonyl (C=O) groups excluding carboxylic acids is 2. The molecule has 2 N–H and O–H groups in total. The van der Waals surface area contributed by atoms with Crippen LogP contribution in [0.4, 0.5) is 11.4 Å². The second-order valence-electron chi connectivity index (χ2n) is 6.41. The number of carbonyl (C=O) groups is 2. The van der Waals surface area contributed by atoms with Gasteiger partial charge in [-0.15, -0.1) is 0 Å². The Hall–Kier alpha value is -4.32. The first kappa shape index (κ1) is 19.0. The van der Waals surface area contributed by atoms with Crippen molar-refractivity contribution in [1.29, 1.82) is 0 Å². The molecule has 0 spiro atoms. The van der Waals surface area contributed by atoms with Crippen LogP contribution >= 0.6 is 0 Å². The van der Waals surface area contributed by atoms with Crippen LogP contribution in [-0.2, 0) is 0 Å². The lowest BCUT2D eigenvalue weighted by molar-refractivity contribution is 0.0995. The number of furan rings is 1. The second-order valence-corrected chi connectivity index (χ2v) is 6.41. The molecule has 0 radical (unpaired) electrons. The van der Waals surface area contributed by atoms with Crippen molar-refractivity contribution < 1.29 is 18.7 Å². The van der Waals surface area contributed by atoms with Gasteiger partial charge in [0.1, 0.15) is 11.5 Å². The van der Waals surface area contributed by atoms with E-state index < -0.39 is 0 Å². The molecule has 0 saturated carbocycles. The standard InChI is InChI=1S/C24H18N2O4/c27-23(17-11-13-18(14-12-17)25-24(28)22-10-5-15-29-22)26-19-6-4-9-21(16-19)30-20-7-2-1-3-8-20/h1-16H,(H,25,28)(H,26,27). The summed E-state index contributed by atoms with van der Waals surface area (Å²) in [6, 6.07) is 26.4. The predicted molar refractivity (Wildman–Crippen MR) is 114 cm³/mol. The van der Waals surface area contributed by atoms with Crippen LogP contribution in [0.25, 0.3) is 0 Å². The summed E-state index contributed by atoms with van der Waals surface area (Å²) in [5.74, 6) is 0.931. The van der Waals surface area contributed by atoms with Gasteiger partial charge in [0.15, 0.2) is 5.76 Å². The molecular weight excluding hydrogens is 380 g/mol. The van der Waals surface area contributed by atoms with Gasteiger partial charge in [0, 0.05) is 23.0 Å². The van der Waals surface area contributed by atoms with E-state index in [9.17, 15) is 9.59 Å². The van der Waals surface area contributed by atoms with Crippen LogP contribution in [0.5, 0.6) is 11.5 Å². The van der Waals surface area contributed by atoms with Crippen molar-refractivity contribution in [1.82, 2.24) is 0 Å². The zero-order valence-corrected chi connectivity index (χ0v) is 15.9. The number of nitrogens with one attached hydrogen (secondary N) is 2. The van der Waals surface area contributed by atoms with E-state index in [2.05, 4.69) is 10.6 Å². The van der Waals surface area contributed by atoms with E-state index in [1.54, 1.807) is 54.6 Å². The second kappa shape index (κ2) is 8.79. The number of para-hydroxylation sites is 1. The number of hydrogen-bond acceptors (Lipinski definition) is 4. The van der Waals surface area contributed by atoms with Gasteiger partial charge in [0.25, 0.3) is 11.8 Å². The third kappa shape index (κ3) is 4.74. The highest BCUT2D eigenvalue weighted by molar-refractivity contribution is 6.05. The van der Waals surface area contributed by atoms with Crippen LogP contribution in [0.1, 0.15) is 20.9 Å². The molecule has 0 aliphatic carbocycles. The summed E-state index contributed by atoms with van der Waals surface area (Å²) in [6.45, 7) is 0. The molecule has 0 saturated heterocycles. The van der Waals surface area contributed by atoms with Crippen molar-refractivity contribution in [2.75, 3.05) is 10.6 Å². The largest absolute Gasteiger partial charge is 0.459 e. The topological polar surface area (TPSA) is 80.6 Å². The fraction of sp³-hybridized carbons (Fsp3) is 0. The molecule has 4 aromatic rings. The lowest BCUT2D eigenvalue weighted by Gasteiger charge is -2.09. The molecule has 0 bridgehead atoms. The van der Waals surface area contributed by atoms with Crippen molar-refractivity contribution in [3.8, 4) is 11.5 Å². The Morgan fingerprint density at radius 3 is 2.13 bits per heavy atom. The van der Waals surface area contributed by atoms with Crippen LogP contribution in [0.15, 0.2) is 102 Å². The van der Waals surface area contributed by atoms with Gasteiger partial charge in [-0.1, -0.05) is 24.3 Å². The number of anilines is 2. The molecule has 0 fully saturated rings. The van der Waals surface area contributed by atoms with Crippen molar-refractivity contribution in [3.63, 3.8) is 0 Å². The van der Waals surface area contributed by atoms with Crippen molar-refractivity contribution in [3.05, 3.63) is 109 Å². The first-order valence-electron chi connectivity index (χ1n) is 9.27. The summed E-state index contributed by atoms with van der Waals surface area (Å²) in [4.78, 5) is 24.6. The number of hydrogen-bond donors (Lipinski definition) is 2. The predicted octanol–water partition coefficient (Wildman–Crippen LogP) is 5.58. The summed E-state index contributed by atoms with van der Waals surface area (Å²) < 4.78 is 10.8. The SMILES string of the molecule is O=C(Nc1cccc(Oc2ccccc2)c1)c1ccc(NC(=O)c2ccco2)cc1. The van der Waals surface area contributed by atoms with E-state index in [0.717, 1.165) is 0 Å². The maximum absolute atomic E-state index is 12.5. The van der Waals surface area contributed by atoms with Crippen LogP contribution in [0.3, 0.4) is 0 Å². The normalized spacial score (nSPS) is 10.3. The van der Waals surface area contributed by atoms with Crippen LogP contribution < -0.4 is 15.4 Å². The van der Waals surface area contributed by atoms with Gasteiger partial charge in [0.2, 0.25) is 0 Å². The average molecular weight is 398 g/mol. The minimum atomic E-state index is -0.354. The highest BCUT2D eigenvalue weighted by Gasteiger charge is 2.10. The molecule has 6 heteroatoms. The van der Waals surface area contributed by atoms with Crippen molar-refractivity contribution in [2.24, 2.45) is 0 Å². The fourth-order valence-electron chi connectivity index (χ4n) is 2.77. The van der Waals surface area contributed by atoms with Gasteiger partial charge in [-0.25, -0.2) is 0 Å². The first-order chi connectivity index (χ1) is 14.7. The maximum Gasteiger partial charge on any atom is 0.291 e. The smallest absolute Gasteiger partial charge is 0.291 e. The van der Waals surface area contributed by atoms with Gasteiger partial charge < -0.3 is 19.8 Å². The van der Waals surface area contributed by atoms with E-state index in [0.29, 0.717) is 28.4 Å². The van der Waals surface area contributed by atoms with Gasteiger partial charge >= 0.3 is 0 Å². The van der Waals surface area contributed by atoms with E-state index in [1.165, 1.54) is 6.26 Å². The summed E-state index contributed by atoms with van der Waals surface area (Å²) in [5.41, 5.74) is 1.63. The molecule has 0 unspecified atom stereocenters. The Bertz CT molecular complexity index is 1140. The maximum atomic E-state index is 12.5. The molecule has 3 aromatic carbocycles. The Labute approximate surface area is 173 Å². The molecule has 1 aromatic heterocycles. The lowest BCUT2D eigenvalue weighted by Crippen LogP contribution is -2.13. The van der Waals surface area contributed by atoms with E-state index in [1.807, 2.05) is 36.4 Å². The third-order valence-corrected chi connectivity index (χ3v) is 4.22. The summed E-state index contributed by atoms with van der Waals surface area (Å²) >= 11 is 0. The van der Waals surface area contributed by atoms with Crippen molar-refractivity contribution >= 4 is 23.2 Å². The number of rotatable bonds is 6. The van der Waals surface area contributed by atoms with E-state index in [4.69, 9.17) is 9.15 Å². The molecule has 0 aliphatic rings. The molecule has 1 heterocycles. The minimum absolute atomic E-state index is 0.217. The molecular formula is C24H18N2O4. The van der Waals surface area contributed by atoms with Gasteiger partial charge in [-0.05, 0) is 60.7 Å². The lowest BCUT2D eigenvalue weighted by atomic mass is 10.2. The first-order valence-corrected chi connectivity index (χ1v) is 9.27. The molecule has 2 amide bonds. The highest BCUT2D eigenvalue weighted by Crippen LogP contribution is 2.24. The summed E-state index contributed by atoms with van der Waals surface area (Å²) in [7, 11) is 0. The Morgan fingerprint density at radius 2 is 1.40 bits per heavy atom. The molecule has 0 aliphatic heterocycles. The summed E-state index contributed by atoms with van der Waals surface area (Å²) in [5, 5.41) is 5.56. The Balaban J connectivity index is 1.39. The summed E-state index contributed by atoms with van der Waals surface area (Å²) in [6.07, 6.45) is 1.43. The van der Waals surface area contributed by atoms with Crippen molar-refractivity contribution in [2.45, 2.75) is 0 Å². The zero-order chi connectivity index (χ0) is 20.8. The third-order valence-electron chi connectivity index (χ3n) is 4.22. The van der Waals surface area contributed by atoms with Gasteiger partial charge in [-0.3, -0.25) is 9.59 Å². The molecule has 0 atom stereocenters. The Kier molecular flexibility index (Phi) is 5.57. The molecule has 30 heavy (non-hydrogen) atoms. The average Bonchev–Trinajstić information content (AvgIpc) is 3.30. The highest BCUT2D eigenvalue weighted by atomic mass is 16.5. The van der Waals surface area contributed by atoms with E-state index >= 15 is 0 Å². The number of benzene rings is 3. The monoisotopic (exact) mass is 398 g/mol. The molecule has 148 valence electrons.